The largest absolute Gasteiger partial charge is 0.419 e. The normalized spacial score (nSPS) is 21.5. The second-order valence-corrected chi connectivity index (χ2v) is 5.91. The van der Waals surface area contributed by atoms with Gasteiger partial charge in [0.1, 0.15) is 11.3 Å². The zero-order valence-electron chi connectivity index (χ0n) is 13.2. The predicted octanol–water partition coefficient (Wildman–Crippen LogP) is 2.13. The van der Waals surface area contributed by atoms with Crippen molar-refractivity contribution in [3.8, 4) is 5.75 Å². The zero-order chi connectivity index (χ0) is 17.4. The van der Waals surface area contributed by atoms with Gasteiger partial charge in [0.25, 0.3) is 5.91 Å². The Morgan fingerprint density at radius 3 is 2.48 bits per heavy atom. The molecule has 7 heteroatoms. The monoisotopic (exact) mass is 337 g/mol. The van der Waals surface area contributed by atoms with E-state index in [2.05, 4.69) is 10.6 Å². The fraction of sp³-hybridized carbons (Fsp3) is 0.167. The highest BCUT2D eigenvalue weighted by molar-refractivity contribution is 6.09. The lowest BCUT2D eigenvalue weighted by Crippen LogP contribution is -2.52. The molecular weight excluding hydrogens is 322 g/mol. The number of hydrogen-bond donors (Lipinski definition) is 2. The first-order chi connectivity index (χ1) is 12.1. The van der Waals surface area contributed by atoms with Crippen molar-refractivity contribution in [1.82, 2.24) is 10.6 Å². The van der Waals surface area contributed by atoms with Gasteiger partial charge in [0.05, 0.1) is 5.69 Å². The maximum atomic E-state index is 12.6. The van der Waals surface area contributed by atoms with E-state index >= 15 is 0 Å². The van der Waals surface area contributed by atoms with E-state index in [-0.39, 0.29) is 13.0 Å². The second-order valence-electron chi connectivity index (χ2n) is 5.91. The molecule has 2 N–H and O–H groups in total. The van der Waals surface area contributed by atoms with Crippen molar-refractivity contribution in [2.45, 2.75) is 12.0 Å². The summed E-state index contributed by atoms with van der Waals surface area (Å²) in [5.74, 6) is 0.0400. The number of nitrogens with one attached hydrogen (secondary N) is 2. The molecule has 126 valence electrons. The van der Waals surface area contributed by atoms with Crippen molar-refractivity contribution in [2.24, 2.45) is 0 Å². The van der Waals surface area contributed by atoms with E-state index < -0.39 is 23.6 Å². The van der Waals surface area contributed by atoms with E-state index in [1.54, 1.807) is 48.5 Å². The van der Waals surface area contributed by atoms with E-state index in [1.807, 2.05) is 6.07 Å². The third-order valence-corrected chi connectivity index (χ3v) is 4.48. The van der Waals surface area contributed by atoms with Crippen molar-refractivity contribution in [1.29, 1.82) is 0 Å². The van der Waals surface area contributed by atoms with Crippen LogP contribution in [0, 0.1) is 0 Å². The van der Waals surface area contributed by atoms with Gasteiger partial charge in [-0.3, -0.25) is 15.0 Å². The first-order valence-corrected chi connectivity index (χ1v) is 7.88. The Hall–Kier alpha value is -3.35. The molecule has 0 aromatic heterocycles. The Morgan fingerprint density at radius 2 is 1.76 bits per heavy atom. The number of anilines is 1. The number of nitrogens with zero attached hydrogens (tertiary/aromatic N) is 1. The van der Waals surface area contributed by atoms with Gasteiger partial charge in [-0.2, -0.15) is 0 Å². The molecule has 1 spiro atoms. The molecule has 0 bridgehead atoms. The van der Waals surface area contributed by atoms with Gasteiger partial charge in [0.15, 0.2) is 0 Å². The molecule has 0 radical (unpaired) electrons. The molecule has 2 aromatic rings. The standard InChI is InChI=1S/C18H15N3O4/c22-15-18(20-16(23)19-15)10-11-21(14-9-5-4-8-13(14)18)17(24)25-12-6-2-1-3-7-12/h1-9H,10-11H2,(H2,19,20,22,23). The number of urea groups is 1. The summed E-state index contributed by atoms with van der Waals surface area (Å²) in [7, 11) is 0. The number of carbonyl (C=O) groups is 3. The summed E-state index contributed by atoms with van der Waals surface area (Å²) in [6, 6.07) is 15.3. The van der Waals surface area contributed by atoms with Crippen LogP contribution in [-0.4, -0.2) is 24.6 Å². The fourth-order valence-electron chi connectivity index (χ4n) is 3.30. The summed E-state index contributed by atoms with van der Waals surface area (Å²) in [5, 5.41) is 4.98. The quantitative estimate of drug-likeness (QED) is 0.781. The Morgan fingerprint density at radius 1 is 1.04 bits per heavy atom. The zero-order valence-corrected chi connectivity index (χ0v) is 13.2. The molecule has 2 aromatic carbocycles. The van der Waals surface area contributed by atoms with Gasteiger partial charge >= 0.3 is 12.1 Å². The van der Waals surface area contributed by atoms with E-state index in [9.17, 15) is 14.4 Å². The van der Waals surface area contributed by atoms with Gasteiger partial charge in [-0.15, -0.1) is 0 Å². The van der Waals surface area contributed by atoms with E-state index in [0.717, 1.165) is 0 Å². The Kier molecular flexibility index (Phi) is 3.42. The minimum Gasteiger partial charge on any atom is -0.410 e. The third-order valence-electron chi connectivity index (χ3n) is 4.48. The SMILES string of the molecule is O=C1NC(=O)C2(CCN(C(=O)Oc3ccccc3)c3ccccc32)N1. The van der Waals surface area contributed by atoms with E-state index in [1.165, 1.54) is 4.90 Å². The highest BCUT2D eigenvalue weighted by Gasteiger charge is 2.52. The Balaban J connectivity index is 1.69. The molecule has 2 aliphatic heterocycles. The van der Waals surface area contributed by atoms with Crippen LogP contribution in [-0.2, 0) is 10.3 Å². The summed E-state index contributed by atoms with van der Waals surface area (Å²) in [6.45, 7) is 0.246. The topological polar surface area (TPSA) is 87.7 Å². The van der Waals surface area contributed by atoms with Crippen LogP contribution < -0.4 is 20.3 Å². The number of hydrogen-bond acceptors (Lipinski definition) is 4. The molecule has 1 unspecified atom stereocenters. The fourth-order valence-corrected chi connectivity index (χ4v) is 3.30. The van der Waals surface area contributed by atoms with Gasteiger partial charge in [-0.25, -0.2) is 9.59 Å². The highest BCUT2D eigenvalue weighted by Crippen LogP contribution is 2.40. The number of amides is 4. The van der Waals surface area contributed by atoms with Crippen molar-refractivity contribution < 1.29 is 19.1 Å². The van der Waals surface area contributed by atoms with Crippen LogP contribution in [0.1, 0.15) is 12.0 Å². The van der Waals surface area contributed by atoms with Crippen molar-refractivity contribution in [2.75, 3.05) is 11.4 Å². The summed E-state index contributed by atoms with van der Waals surface area (Å²) in [5.41, 5.74) is -0.0151. The Bertz CT molecular complexity index is 868. The molecule has 0 saturated carbocycles. The van der Waals surface area contributed by atoms with Crippen LogP contribution >= 0.6 is 0 Å². The van der Waals surface area contributed by atoms with Gasteiger partial charge in [-0.1, -0.05) is 36.4 Å². The molecule has 1 saturated heterocycles. The number of rotatable bonds is 1. The lowest BCUT2D eigenvalue weighted by Gasteiger charge is -2.38. The molecule has 25 heavy (non-hydrogen) atoms. The van der Waals surface area contributed by atoms with Crippen molar-refractivity contribution in [3.63, 3.8) is 0 Å². The van der Waals surface area contributed by atoms with E-state index in [0.29, 0.717) is 17.0 Å². The van der Waals surface area contributed by atoms with Crippen LogP contribution in [0.25, 0.3) is 0 Å². The first-order valence-electron chi connectivity index (χ1n) is 7.88. The van der Waals surface area contributed by atoms with Gasteiger partial charge in [0.2, 0.25) is 0 Å². The lowest BCUT2D eigenvalue weighted by molar-refractivity contribution is -0.124. The number of para-hydroxylation sites is 2. The molecule has 1 fully saturated rings. The van der Waals surface area contributed by atoms with Crippen LogP contribution in [0.4, 0.5) is 15.3 Å². The molecule has 0 aliphatic carbocycles. The van der Waals surface area contributed by atoms with Crippen molar-refractivity contribution >= 4 is 23.7 Å². The van der Waals surface area contributed by atoms with Gasteiger partial charge in [-0.05, 0) is 18.2 Å². The smallest absolute Gasteiger partial charge is 0.410 e. The van der Waals surface area contributed by atoms with Crippen LogP contribution in [0.5, 0.6) is 5.75 Å². The van der Waals surface area contributed by atoms with Crippen LogP contribution in [0.2, 0.25) is 0 Å². The highest BCUT2D eigenvalue weighted by atomic mass is 16.6. The predicted molar refractivity (Wildman–Crippen MR) is 89.2 cm³/mol. The van der Waals surface area contributed by atoms with Crippen LogP contribution in [0.15, 0.2) is 54.6 Å². The number of imide groups is 1. The maximum Gasteiger partial charge on any atom is 0.419 e. The van der Waals surface area contributed by atoms with Gasteiger partial charge < -0.3 is 10.1 Å². The number of fused-ring (bicyclic) bond motifs is 2. The first kappa shape index (κ1) is 15.2. The minimum absolute atomic E-state index is 0.246. The molecule has 7 nitrogen and oxygen atoms in total. The Labute approximate surface area is 143 Å². The molecule has 2 heterocycles. The van der Waals surface area contributed by atoms with E-state index in [4.69, 9.17) is 4.74 Å². The van der Waals surface area contributed by atoms with Crippen LogP contribution in [0.3, 0.4) is 0 Å². The molecular formula is C18H15N3O4. The number of ether oxygens (including phenoxy) is 1. The summed E-state index contributed by atoms with van der Waals surface area (Å²) < 4.78 is 5.41. The average molecular weight is 337 g/mol. The molecule has 1 atom stereocenters. The van der Waals surface area contributed by atoms with Crippen molar-refractivity contribution in [3.05, 3.63) is 60.2 Å². The lowest BCUT2D eigenvalue weighted by atomic mass is 9.82. The summed E-state index contributed by atoms with van der Waals surface area (Å²) in [6.07, 6.45) is -0.260. The van der Waals surface area contributed by atoms with Gasteiger partial charge in [0, 0.05) is 18.5 Å². The number of carbonyl (C=O) groups excluding carboxylic acids is 3. The summed E-state index contributed by atoms with van der Waals surface area (Å²) >= 11 is 0. The third kappa shape index (κ3) is 2.40. The minimum atomic E-state index is -1.14. The summed E-state index contributed by atoms with van der Waals surface area (Å²) in [4.78, 5) is 38.1. The molecule has 4 amide bonds. The number of benzene rings is 2. The maximum absolute atomic E-state index is 12.6. The second kappa shape index (κ2) is 5.62. The molecule has 4 rings (SSSR count). The average Bonchev–Trinajstić information content (AvgIpc) is 2.90. The molecule has 2 aliphatic rings.